The number of aromatic nitrogens is 1. The summed E-state index contributed by atoms with van der Waals surface area (Å²) in [4.78, 5) is 29.4. The van der Waals surface area contributed by atoms with Gasteiger partial charge in [0.1, 0.15) is 5.56 Å². The van der Waals surface area contributed by atoms with Gasteiger partial charge in [0.2, 0.25) is 0 Å². The van der Waals surface area contributed by atoms with E-state index in [1.165, 1.54) is 19.3 Å². The number of rotatable bonds is 4. The SMILES string of the molecule is Cc1cc(C)c(C(=O)NCC2(N(C)C)CCCCC2)c(=O)[nH]1. The minimum atomic E-state index is -0.308. The number of nitrogens with zero attached hydrogens (tertiary/aromatic N) is 1. The van der Waals surface area contributed by atoms with E-state index < -0.39 is 0 Å². The fraction of sp³-hybridized carbons (Fsp3) is 0.647. The van der Waals surface area contributed by atoms with Gasteiger partial charge < -0.3 is 15.2 Å². The van der Waals surface area contributed by atoms with Gasteiger partial charge in [-0.3, -0.25) is 9.59 Å². The molecular weight excluding hydrogens is 278 g/mol. The van der Waals surface area contributed by atoms with Crippen LogP contribution in [0.2, 0.25) is 0 Å². The number of hydrogen-bond donors (Lipinski definition) is 2. The molecular formula is C17H27N3O2. The molecule has 0 aromatic carbocycles. The topological polar surface area (TPSA) is 65.2 Å². The highest BCUT2D eigenvalue weighted by atomic mass is 16.2. The molecule has 1 aromatic rings. The average Bonchev–Trinajstić information content (AvgIpc) is 2.45. The Morgan fingerprint density at radius 3 is 2.45 bits per heavy atom. The van der Waals surface area contributed by atoms with Gasteiger partial charge in [0.05, 0.1) is 0 Å². The van der Waals surface area contributed by atoms with Crippen molar-refractivity contribution in [1.29, 1.82) is 0 Å². The van der Waals surface area contributed by atoms with Gasteiger partial charge in [-0.25, -0.2) is 0 Å². The van der Waals surface area contributed by atoms with E-state index in [2.05, 4.69) is 29.3 Å². The number of hydrogen-bond acceptors (Lipinski definition) is 3. The highest BCUT2D eigenvalue weighted by Crippen LogP contribution is 2.31. The summed E-state index contributed by atoms with van der Waals surface area (Å²) in [6.45, 7) is 4.21. The van der Waals surface area contributed by atoms with E-state index in [-0.39, 0.29) is 22.6 Å². The number of pyridine rings is 1. The third kappa shape index (κ3) is 3.40. The highest BCUT2D eigenvalue weighted by Gasteiger charge is 2.34. The van der Waals surface area contributed by atoms with Gasteiger partial charge in [-0.05, 0) is 52.4 Å². The summed E-state index contributed by atoms with van der Waals surface area (Å²) in [7, 11) is 4.14. The summed E-state index contributed by atoms with van der Waals surface area (Å²) in [6.07, 6.45) is 5.82. The fourth-order valence-electron chi connectivity index (χ4n) is 3.46. The maximum absolute atomic E-state index is 12.5. The molecule has 0 unspecified atom stereocenters. The van der Waals surface area contributed by atoms with Crippen LogP contribution in [-0.2, 0) is 0 Å². The summed E-state index contributed by atoms with van der Waals surface area (Å²) in [6, 6.07) is 1.83. The molecule has 0 aliphatic heterocycles. The first-order valence-electron chi connectivity index (χ1n) is 8.02. The molecule has 0 spiro atoms. The zero-order valence-electron chi connectivity index (χ0n) is 14.1. The third-order valence-electron chi connectivity index (χ3n) is 4.90. The highest BCUT2D eigenvalue weighted by molar-refractivity contribution is 5.95. The molecule has 1 saturated carbocycles. The van der Waals surface area contributed by atoms with Crippen molar-refractivity contribution in [3.05, 3.63) is 33.2 Å². The van der Waals surface area contributed by atoms with E-state index in [9.17, 15) is 9.59 Å². The van der Waals surface area contributed by atoms with Crippen LogP contribution < -0.4 is 10.9 Å². The molecule has 1 heterocycles. The molecule has 2 N–H and O–H groups in total. The number of amides is 1. The molecule has 1 fully saturated rings. The van der Waals surface area contributed by atoms with Crippen LogP contribution >= 0.6 is 0 Å². The second-order valence-corrected chi connectivity index (χ2v) is 6.70. The number of likely N-dealkylation sites (N-methyl/N-ethyl adjacent to an activating group) is 1. The molecule has 5 nitrogen and oxygen atoms in total. The predicted molar refractivity (Wildman–Crippen MR) is 88.4 cm³/mol. The smallest absolute Gasteiger partial charge is 0.261 e. The average molecular weight is 305 g/mol. The Kier molecular flexibility index (Phi) is 5.06. The van der Waals surface area contributed by atoms with E-state index in [0.717, 1.165) is 24.1 Å². The molecule has 0 radical (unpaired) electrons. The van der Waals surface area contributed by atoms with Crippen molar-refractivity contribution in [2.45, 2.75) is 51.5 Å². The molecule has 0 atom stereocenters. The first kappa shape index (κ1) is 16.7. The van der Waals surface area contributed by atoms with Crippen molar-refractivity contribution >= 4 is 5.91 Å². The number of carbonyl (C=O) groups is 1. The Morgan fingerprint density at radius 1 is 1.27 bits per heavy atom. The van der Waals surface area contributed by atoms with Gasteiger partial charge in [0, 0.05) is 17.8 Å². The van der Waals surface area contributed by atoms with Gasteiger partial charge in [0.15, 0.2) is 0 Å². The molecule has 2 rings (SSSR count). The van der Waals surface area contributed by atoms with Gasteiger partial charge in [-0.2, -0.15) is 0 Å². The first-order valence-corrected chi connectivity index (χ1v) is 8.02. The van der Waals surface area contributed by atoms with Crippen molar-refractivity contribution in [2.24, 2.45) is 0 Å². The largest absolute Gasteiger partial charge is 0.350 e. The molecule has 5 heteroatoms. The van der Waals surface area contributed by atoms with Crippen molar-refractivity contribution in [3.63, 3.8) is 0 Å². The second-order valence-electron chi connectivity index (χ2n) is 6.70. The maximum atomic E-state index is 12.5. The van der Waals surface area contributed by atoms with Crippen LogP contribution in [-0.4, -0.2) is 42.0 Å². The van der Waals surface area contributed by atoms with E-state index in [4.69, 9.17) is 0 Å². The van der Waals surface area contributed by atoms with Crippen LogP contribution in [0.3, 0.4) is 0 Å². The summed E-state index contributed by atoms with van der Waals surface area (Å²) < 4.78 is 0. The van der Waals surface area contributed by atoms with Crippen LogP contribution in [0, 0.1) is 13.8 Å². The molecule has 1 amide bonds. The molecule has 1 aliphatic carbocycles. The molecule has 0 saturated heterocycles. The van der Waals surface area contributed by atoms with Crippen LogP contribution in [0.5, 0.6) is 0 Å². The van der Waals surface area contributed by atoms with Crippen LogP contribution in [0.15, 0.2) is 10.9 Å². The number of aromatic amines is 1. The predicted octanol–water partition coefficient (Wildman–Crippen LogP) is 1.99. The summed E-state index contributed by atoms with van der Waals surface area (Å²) >= 11 is 0. The second kappa shape index (κ2) is 6.65. The van der Waals surface area contributed by atoms with Crippen LogP contribution in [0.25, 0.3) is 0 Å². The Hall–Kier alpha value is -1.62. The summed E-state index contributed by atoms with van der Waals surface area (Å²) in [5.41, 5.74) is 1.43. The lowest BCUT2D eigenvalue weighted by Crippen LogP contribution is -2.54. The van der Waals surface area contributed by atoms with E-state index >= 15 is 0 Å². The lowest BCUT2D eigenvalue weighted by molar-refractivity contribution is 0.0798. The van der Waals surface area contributed by atoms with Gasteiger partial charge in [0.25, 0.3) is 11.5 Å². The van der Waals surface area contributed by atoms with E-state index in [1.807, 2.05) is 13.0 Å². The van der Waals surface area contributed by atoms with E-state index in [0.29, 0.717) is 6.54 Å². The number of aryl methyl sites for hydroxylation is 2. The van der Waals surface area contributed by atoms with Crippen molar-refractivity contribution in [1.82, 2.24) is 15.2 Å². The number of H-pyrrole nitrogens is 1. The quantitative estimate of drug-likeness (QED) is 0.894. The zero-order chi connectivity index (χ0) is 16.3. The Bertz CT molecular complexity index is 598. The van der Waals surface area contributed by atoms with Gasteiger partial charge in [-0.1, -0.05) is 19.3 Å². The Balaban J connectivity index is 2.14. The molecule has 0 bridgehead atoms. The Labute approximate surface area is 132 Å². The lowest BCUT2D eigenvalue weighted by Gasteiger charge is -2.43. The number of nitrogens with one attached hydrogen (secondary N) is 2. The lowest BCUT2D eigenvalue weighted by atomic mass is 9.80. The third-order valence-corrected chi connectivity index (χ3v) is 4.90. The fourth-order valence-corrected chi connectivity index (χ4v) is 3.46. The van der Waals surface area contributed by atoms with Crippen LogP contribution in [0.4, 0.5) is 0 Å². The van der Waals surface area contributed by atoms with E-state index in [1.54, 1.807) is 6.92 Å². The standard InChI is InChI=1S/C17H27N3O2/c1-12-10-13(2)19-16(22)14(12)15(21)18-11-17(20(3)4)8-6-5-7-9-17/h10H,5-9,11H2,1-4H3,(H,18,21)(H,19,22). The maximum Gasteiger partial charge on any atom is 0.261 e. The molecule has 1 aromatic heterocycles. The van der Waals surface area contributed by atoms with Gasteiger partial charge >= 0.3 is 0 Å². The zero-order valence-corrected chi connectivity index (χ0v) is 14.1. The minimum Gasteiger partial charge on any atom is -0.350 e. The first-order chi connectivity index (χ1) is 10.4. The monoisotopic (exact) mass is 305 g/mol. The molecule has 122 valence electrons. The molecule has 1 aliphatic rings. The van der Waals surface area contributed by atoms with Crippen molar-refractivity contribution in [3.8, 4) is 0 Å². The van der Waals surface area contributed by atoms with Crippen molar-refractivity contribution in [2.75, 3.05) is 20.6 Å². The number of carbonyl (C=O) groups excluding carboxylic acids is 1. The molecule has 22 heavy (non-hydrogen) atoms. The summed E-state index contributed by atoms with van der Waals surface area (Å²) in [5.74, 6) is -0.273. The Morgan fingerprint density at radius 2 is 1.91 bits per heavy atom. The summed E-state index contributed by atoms with van der Waals surface area (Å²) in [5, 5.41) is 2.99. The minimum absolute atomic E-state index is 0.0132. The van der Waals surface area contributed by atoms with Crippen LogP contribution in [0.1, 0.15) is 53.7 Å². The van der Waals surface area contributed by atoms with Crippen molar-refractivity contribution < 1.29 is 4.79 Å². The normalized spacial score (nSPS) is 17.5. The van der Waals surface area contributed by atoms with Gasteiger partial charge in [-0.15, -0.1) is 0 Å².